The molecule has 0 bridgehead atoms. The lowest BCUT2D eigenvalue weighted by Crippen LogP contribution is -2.04. The van der Waals surface area contributed by atoms with Gasteiger partial charge in [-0.3, -0.25) is 4.21 Å². The molecule has 0 aliphatic carbocycles. The van der Waals surface area contributed by atoms with Gasteiger partial charge in [-0.2, -0.15) is 0 Å². The number of hydrogen-bond donors (Lipinski definition) is 1. The van der Waals surface area contributed by atoms with Gasteiger partial charge in [-0.1, -0.05) is 12.1 Å². The lowest BCUT2D eigenvalue weighted by Gasteiger charge is -2.10. The van der Waals surface area contributed by atoms with Crippen LogP contribution in [0.3, 0.4) is 0 Å². The third-order valence-corrected chi connectivity index (χ3v) is 4.28. The highest BCUT2D eigenvalue weighted by atomic mass is 32.2. The third-order valence-electron chi connectivity index (χ3n) is 2.86. The number of rotatable bonds is 5. The van der Waals surface area contributed by atoms with Crippen molar-refractivity contribution in [3.8, 4) is 5.75 Å². The summed E-state index contributed by atoms with van der Waals surface area (Å²) in [4.78, 5) is 0.351. The molecule has 112 valence electrons. The Bertz CT molecular complexity index is 677. The van der Waals surface area contributed by atoms with Crippen LogP contribution in [0.1, 0.15) is 12.5 Å². The van der Waals surface area contributed by atoms with Gasteiger partial charge in [0, 0.05) is 11.3 Å². The zero-order valence-electron chi connectivity index (χ0n) is 11.4. The summed E-state index contributed by atoms with van der Waals surface area (Å²) in [5.41, 5.74) is 6.17. The minimum atomic E-state index is -1.59. The molecule has 0 saturated heterocycles. The number of ether oxygens (including phenoxy) is 1. The smallest absolute Gasteiger partial charge is 0.162 e. The third kappa shape index (κ3) is 3.58. The summed E-state index contributed by atoms with van der Waals surface area (Å²) in [7, 11) is -1.59. The Morgan fingerprint density at radius 3 is 2.71 bits per heavy atom. The first kappa shape index (κ1) is 15.4. The number of benzene rings is 2. The van der Waals surface area contributed by atoms with E-state index in [0.29, 0.717) is 22.9 Å². The monoisotopic (exact) mass is 311 g/mol. The predicted molar refractivity (Wildman–Crippen MR) is 78.5 cm³/mol. The maximum absolute atomic E-state index is 13.6. The standard InChI is InChI=1S/C15H15F2NO2S/c1-2-20-11-6-7-13(18)14(8-11)21(19)9-10-4-3-5-12(16)15(10)17/h3-8H,2,9,18H2,1H3. The highest BCUT2D eigenvalue weighted by Gasteiger charge is 2.15. The molecule has 2 rings (SSSR count). The van der Waals surface area contributed by atoms with E-state index in [2.05, 4.69) is 0 Å². The summed E-state index contributed by atoms with van der Waals surface area (Å²) in [6.45, 7) is 2.30. The molecule has 0 fully saturated rings. The van der Waals surface area contributed by atoms with Crippen LogP contribution in [-0.4, -0.2) is 10.8 Å². The van der Waals surface area contributed by atoms with Crippen molar-refractivity contribution in [3.63, 3.8) is 0 Å². The van der Waals surface area contributed by atoms with Gasteiger partial charge >= 0.3 is 0 Å². The van der Waals surface area contributed by atoms with Gasteiger partial charge in [-0.15, -0.1) is 0 Å². The minimum absolute atomic E-state index is 0.0505. The van der Waals surface area contributed by atoms with Gasteiger partial charge in [0.15, 0.2) is 11.6 Å². The average molecular weight is 311 g/mol. The molecule has 21 heavy (non-hydrogen) atoms. The Balaban J connectivity index is 2.28. The normalized spacial score (nSPS) is 12.1. The van der Waals surface area contributed by atoms with Crippen LogP contribution < -0.4 is 10.5 Å². The highest BCUT2D eigenvalue weighted by Crippen LogP contribution is 2.25. The summed E-state index contributed by atoms with van der Waals surface area (Å²) in [6, 6.07) is 8.62. The lowest BCUT2D eigenvalue weighted by atomic mass is 10.2. The van der Waals surface area contributed by atoms with E-state index in [4.69, 9.17) is 10.5 Å². The molecule has 0 amide bonds. The summed E-state index contributed by atoms with van der Waals surface area (Å²) >= 11 is 0. The van der Waals surface area contributed by atoms with E-state index in [1.807, 2.05) is 6.92 Å². The van der Waals surface area contributed by atoms with Crippen molar-refractivity contribution in [2.45, 2.75) is 17.6 Å². The molecular formula is C15H15F2NO2S. The van der Waals surface area contributed by atoms with E-state index in [9.17, 15) is 13.0 Å². The van der Waals surface area contributed by atoms with Gasteiger partial charge in [0.1, 0.15) is 5.75 Å². The van der Waals surface area contributed by atoms with Crippen LogP contribution in [0.4, 0.5) is 14.5 Å². The summed E-state index contributed by atoms with van der Waals surface area (Å²) in [6.07, 6.45) is 0. The maximum atomic E-state index is 13.6. The quantitative estimate of drug-likeness (QED) is 0.862. The molecule has 1 unspecified atom stereocenters. The van der Waals surface area contributed by atoms with Crippen molar-refractivity contribution >= 4 is 16.5 Å². The maximum Gasteiger partial charge on any atom is 0.162 e. The fourth-order valence-electron chi connectivity index (χ4n) is 1.85. The number of nitrogen functional groups attached to an aromatic ring is 1. The van der Waals surface area contributed by atoms with Crippen molar-refractivity contribution < 1.29 is 17.7 Å². The molecule has 2 aromatic carbocycles. The molecule has 0 spiro atoms. The SMILES string of the molecule is CCOc1ccc(N)c(S(=O)Cc2cccc(F)c2F)c1. The fourth-order valence-corrected chi connectivity index (χ4v) is 3.09. The van der Waals surface area contributed by atoms with Gasteiger partial charge in [0.05, 0.1) is 28.1 Å². The van der Waals surface area contributed by atoms with E-state index in [1.54, 1.807) is 18.2 Å². The Hall–Kier alpha value is -1.95. The Labute approximate surface area is 124 Å². The molecule has 6 heteroatoms. The number of halogens is 2. The van der Waals surface area contributed by atoms with Crippen LogP contribution >= 0.6 is 0 Å². The van der Waals surface area contributed by atoms with E-state index in [1.165, 1.54) is 12.1 Å². The van der Waals surface area contributed by atoms with E-state index in [0.717, 1.165) is 6.07 Å². The number of nitrogens with two attached hydrogens (primary N) is 1. The Morgan fingerprint density at radius 2 is 2.00 bits per heavy atom. The summed E-state index contributed by atoms with van der Waals surface area (Å²) in [5.74, 6) is -1.55. The van der Waals surface area contributed by atoms with Crippen molar-refractivity contribution in [2.24, 2.45) is 0 Å². The Kier molecular flexibility index (Phi) is 4.90. The van der Waals surface area contributed by atoms with Crippen molar-refractivity contribution in [2.75, 3.05) is 12.3 Å². The first-order valence-electron chi connectivity index (χ1n) is 6.36. The van der Waals surface area contributed by atoms with Gasteiger partial charge < -0.3 is 10.5 Å². The largest absolute Gasteiger partial charge is 0.494 e. The van der Waals surface area contributed by atoms with Crippen LogP contribution in [0.25, 0.3) is 0 Å². The zero-order valence-corrected chi connectivity index (χ0v) is 12.3. The van der Waals surface area contributed by atoms with Crippen LogP contribution in [0, 0.1) is 11.6 Å². The second-order valence-corrected chi connectivity index (χ2v) is 5.75. The molecule has 2 aromatic rings. The summed E-state index contributed by atoms with van der Waals surface area (Å²) < 4.78 is 44.4. The molecule has 1 atom stereocenters. The highest BCUT2D eigenvalue weighted by molar-refractivity contribution is 7.84. The topological polar surface area (TPSA) is 52.3 Å². The van der Waals surface area contributed by atoms with Crippen LogP contribution in [0.15, 0.2) is 41.3 Å². The van der Waals surface area contributed by atoms with Gasteiger partial charge in [-0.25, -0.2) is 8.78 Å². The summed E-state index contributed by atoms with van der Waals surface area (Å²) in [5, 5.41) is 0. The molecule has 0 saturated carbocycles. The van der Waals surface area contributed by atoms with E-state index >= 15 is 0 Å². The van der Waals surface area contributed by atoms with Crippen molar-refractivity contribution in [1.82, 2.24) is 0 Å². The van der Waals surface area contributed by atoms with Crippen molar-refractivity contribution in [3.05, 3.63) is 53.6 Å². The number of hydrogen-bond acceptors (Lipinski definition) is 3. The van der Waals surface area contributed by atoms with Gasteiger partial charge in [-0.05, 0) is 31.2 Å². The number of anilines is 1. The Morgan fingerprint density at radius 1 is 1.24 bits per heavy atom. The van der Waals surface area contributed by atoms with Gasteiger partial charge in [0.2, 0.25) is 0 Å². The molecular weight excluding hydrogens is 296 g/mol. The second kappa shape index (κ2) is 6.67. The van der Waals surface area contributed by atoms with Crippen LogP contribution in [0.2, 0.25) is 0 Å². The molecule has 3 nitrogen and oxygen atoms in total. The van der Waals surface area contributed by atoms with Crippen LogP contribution in [-0.2, 0) is 16.6 Å². The minimum Gasteiger partial charge on any atom is -0.494 e. The average Bonchev–Trinajstić information content (AvgIpc) is 2.46. The predicted octanol–water partition coefficient (Wildman–Crippen LogP) is 3.25. The first-order chi connectivity index (χ1) is 10.0. The molecule has 0 heterocycles. The van der Waals surface area contributed by atoms with Crippen molar-refractivity contribution in [1.29, 1.82) is 0 Å². The first-order valence-corrected chi connectivity index (χ1v) is 7.68. The fraction of sp³-hybridized carbons (Fsp3) is 0.200. The van der Waals surface area contributed by atoms with Crippen LogP contribution in [0.5, 0.6) is 5.75 Å². The van der Waals surface area contributed by atoms with E-state index < -0.39 is 22.4 Å². The molecule has 0 aliphatic heterocycles. The zero-order chi connectivity index (χ0) is 15.4. The second-order valence-electron chi connectivity index (χ2n) is 4.34. The molecule has 0 radical (unpaired) electrons. The molecule has 2 N–H and O–H groups in total. The van der Waals surface area contributed by atoms with E-state index in [-0.39, 0.29) is 11.3 Å². The molecule has 0 aromatic heterocycles. The molecule has 0 aliphatic rings. The van der Waals surface area contributed by atoms with Gasteiger partial charge in [0.25, 0.3) is 0 Å². The lowest BCUT2D eigenvalue weighted by molar-refractivity contribution is 0.339.